The van der Waals surface area contributed by atoms with E-state index in [1.54, 1.807) is 36.1 Å². The van der Waals surface area contributed by atoms with Crippen LogP contribution in [0.4, 0.5) is 10.1 Å². The van der Waals surface area contributed by atoms with Gasteiger partial charge in [0.1, 0.15) is 11.5 Å². The molecular formula is C20H16FN5OS2. The molecule has 146 valence electrons. The van der Waals surface area contributed by atoms with Crippen molar-refractivity contribution in [3.63, 3.8) is 0 Å². The largest absolute Gasteiger partial charge is 0.322 e. The second-order valence-electron chi connectivity index (χ2n) is 6.12. The number of carbonyl (C=O) groups excluding carboxylic acids is 1. The van der Waals surface area contributed by atoms with Gasteiger partial charge in [-0.1, -0.05) is 18.2 Å². The van der Waals surface area contributed by atoms with Crippen LogP contribution in [0.15, 0.2) is 64.9 Å². The number of hydrogen-bond acceptors (Lipinski definition) is 6. The second kappa shape index (κ2) is 8.54. The van der Waals surface area contributed by atoms with Crippen LogP contribution in [0.1, 0.15) is 21.1 Å². The summed E-state index contributed by atoms with van der Waals surface area (Å²) in [5, 5.41) is 16.0. The van der Waals surface area contributed by atoms with Crippen molar-refractivity contribution in [2.24, 2.45) is 0 Å². The molecule has 0 saturated carbocycles. The fourth-order valence-corrected chi connectivity index (χ4v) is 4.55. The highest BCUT2D eigenvalue weighted by Crippen LogP contribution is 2.29. The van der Waals surface area contributed by atoms with Crippen LogP contribution in [-0.2, 0) is 5.75 Å². The molecule has 0 atom stereocenters. The van der Waals surface area contributed by atoms with Gasteiger partial charge in [-0.05, 0) is 59.1 Å². The van der Waals surface area contributed by atoms with Gasteiger partial charge in [-0.2, -0.15) is 4.68 Å². The van der Waals surface area contributed by atoms with E-state index in [2.05, 4.69) is 26.9 Å². The van der Waals surface area contributed by atoms with Crippen molar-refractivity contribution >= 4 is 34.7 Å². The Morgan fingerprint density at radius 3 is 2.83 bits per heavy atom. The Labute approximate surface area is 174 Å². The molecule has 1 N–H and O–H groups in total. The smallest absolute Gasteiger partial charge is 0.256 e. The zero-order valence-corrected chi connectivity index (χ0v) is 17.0. The molecule has 0 radical (unpaired) electrons. The maximum atomic E-state index is 14.2. The second-order valence-corrected chi connectivity index (χ2v) is 8.17. The van der Waals surface area contributed by atoms with E-state index in [-0.39, 0.29) is 11.6 Å². The molecule has 9 heteroatoms. The minimum atomic E-state index is -0.481. The Kier molecular flexibility index (Phi) is 5.68. The number of aryl methyl sites for hydroxylation is 1. The van der Waals surface area contributed by atoms with Gasteiger partial charge in [0.2, 0.25) is 0 Å². The molecule has 4 aromatic rings. The normalized spacial score (nSPS) is 10.8. The topological polar surface area (TPSA) is 72.7 Å². The molecule has 0 unspecified atom stereocenters. The SMILES string of the molecule is Cc1nnnn1-c1cc(NC(=O)c2ccccc2SCc2cccs2)ccc1F. The van der Waals surface area contributed by atoms with Crippen LogP contribution < -0.4 is 5.32 Å². The third kappa shape index (κ3) is 4.36. The number of nitrogens with one attached hydrogen (secondary N) is 1. The maximum absolute atomic E-state index is 14.2. The summed E-state index contributed by atoms with van der Waals surface area (Å²) in [6.07, 6.45) is 0. The van der Waals surface area contributed by atoms with Crippen LogP contribution in [0.3, 0.4) is 0 Å². The average Bonchev–Trinajstić information content (AvgIpc) is 3.40. The van der Waals surface area contributed by atoms with Gasteiger partial charge in [0.15, 0.2) is 5.82 Å². The predicted molar refractivity (Wildman–Crippen MR) is 112 cm³/mol. The van der Waals surface area contributed by atoms with E-state index in [9.17, 15) is 9.18 Å². The van der Waals surface area contributed by atoms with Gasteiger partial charge in [-0.15, -0.1) is 28.2 Å². The molecule has 2 aromatic heterocycles. The van der Waals surface area contributed by atoms with E-state index in [1.165, 1.54) is 27.8 Å². The highest BCUT2D eigenvalue weighted by molar-refractivity contribution is 7.98. The predicted octanol–water partition coefficient (Wildman–Crippen LogP) is 4.72. The fraction of sp³-hybridized carbons (Fsp3) is 0.100. The molecule has 2 heterocycles. The van der Waals surface area contributed by atoms with E-state index in [4.69, 9.17) is 0 Å². The lowest BCUT2D eigenvalue weighted by Gasteiger charge is -2.11. The number of amides is 1. The van der Waals surface area contributed by atoms with Crippen molar-refractivity contribution < 1.29 is 9.18 Å². The maximum Gasteiger partial charge on any atom is 0.256 e. The first-order valence-electron chi connectivity index (χ1n) is 8.72. The Morgan fingerprint density at radius 2 is 2.07 bits per heavy atom. The van der Waals surface area contributed by atoms with Gasteiger partial charge in [-0.25, -0.2) is 4.39 Å². The number of carbonyl (C=O) groups is 1. The quantitative estimate of drug-likeness (QED) is 0.453. The van der Waals surface area contributed by atoms with E-state index < -0.39 is 5.82 Å². The minimum Gasteiger partial charge on any atom is -0.322 e. The van der Waals surface area contributed by atoms with Crippen LogP contribution in [0.2, 0.25) is 0 Å². The van der Waals surface area contributed by atoms with Crippen LogP contribution in [0.25, 0.3) is 5.69 Å². The molecule has 1 amide bonds. The minimum absolute atomic E-state index is 0.172. The van der Waals surface area contributed by atoms with Crippen molar-refractivity contribution in [3.8, 4) is 5.69 Å². The number of hydrogen-bond donors (Lipinski definition) is 1. The Morgan fingerprint density at radius 1 is 1.21 bits per heavy atom. The van der Waals surface area contributed by atoms with E-state index >= 15 is 0 Å². The van der Waals surface area contributed by atoms with Crippen molar-refractivity contribution in [1.29, 1.82) is 0 Å². The first kappa shape index (κ1) is 19.3. The molecule has 0 aliphatic rings. The Balaban J connectivity index is 1.55. The van der Waals surface area contributed by atoms with Crippen molar-refractivity contribution in [2.75, 3.05) is 5.32 Å². The highest BCUT2D eigenvalue weighted by Gasteiger charge is 2.15. The number of halogens is 1. The number of tetrazole rings is 1. The lowest BCUT2D eigenvalue weighted by Crippen LogP contribution is -2.14. The van der Waals surface area contributed by atoms with Crippen LogP contribution in [0, 0.1) is 12.7 Å². The van der Waals surface area contributed by atoms with Crippen LogP contribution in [0.5, 0.6) is 0 Å². The van der Waals surface area contributed by atoms with Crippen molar-refractivity contribution in [1.82, 2.24) is 20.2 Å². The lowest BCUT2D eigenvalue weighted by atomic mass is 10.2. The Bertz CT molecular complexity index is 1140. The number of aromatic nitrogens is 4. The summed E-state index contributed by atoms with van der Waals surface area (Å²) in [6.45, 7) is 1.67. The summed E-state index contributed by atoms with van der Waals surface area (Å²) >= 11 is 3.29. The van der Waals surface area contributed by atoms with Crippen LogP contribution >= 0.6 is 23.1 Å². The molecule has 4 rings (SSSR count). The zero-order valence-electron chi connectivity index (χ0n) is 15.4. The summed E-state index contributed by atoms with van der Waals surface area (Å²) in [5.41, 5.74) is 1.20. The molecule has 29 heavy (non-hydrogen) atoms. The molecule has 2 aromatic carbocycles. The average molecular weight is 426 g/mol. The number of rotatable bonds is 6. The van der Waals surface area contributed by atoms with E-state index in [0.29, 0.717) is 17.1 Å². The molecule has 0 aliphatic carbocycles. The number of thiophene rings is 1. The fourth-order valence-electron chi connectivity index (χ4n) is 2.73. The zero-order chi connectivity index (χ0) is 20.2. The van der Waals surface area contributed by atoms with E-state index in [0.717, 1.165) is 10.6 Å². The third-order valence-electron chi connectivity index (χ3n) is 4.14. The summed E-state index contributed by atoms with van der Waals surface area (Å²) in [7, 11) is 0. The Hall–Kier alpha value is -3.04. The first-order valence-corrected chi connectivity index (χ1v) is 10.6. The molecule has 6 nitrogen and oxygen atoms in total. The van der Waals surface area contributed by atoms with Crippen LogP contribution in [-0.4, -0.2) is 26.1 Å². The van der Waals surface area contributed by atoms with E-state index in [1.807, 2.05) is 29.6 Å². The van der Waals surface area contributed by atoms with Crippen molar-refractivity contribution in [2.45, 2.75) is 17.6 Å². The van der Waals surface area contributed by atoms with Gasteiger partial charge >= 0.3 is 0 Å². The van der Waals surface area contributed by atoms with Gasteiger partial charge < -0.3 is 5.32 Å². The summed E-state index contributed by atoms with van der Waals surface area (Å²) in [6, 6.07) is 15.8. The first-order chi connectivity index (χ1) is 14.1. The monoisotopic (exact) mass is 425 g/mol. The van der Waals surface area contributed by atoms with Crippen molar-refractivity contribution in [3.05, 3.63) is 82.1 Å². The molecule has 0 spiro atoms. The number of nitrogens with zero attached hydrogens (tertiary/aromatic N) is 4. The summed E-state index contributed by atoms with van der Waals surface area (Å²) in [5.74, 6) is 0.500. The summed E-state index contributed by atoms with van der Waals surface area (Å²) in [4.78, 5) is 15.0. The molecule has 0 bridgehead atoms. The molecule has 0 aliphatic heterocycles. The number of benzene rings is 2. The molecular weight excluding hydrogens is 409 g/mol. The molecule has 0 fully saturated rings. The molecule has 0 saturated heterocycles. The number of thioether (sulfide) groups is 1. The summed E-state index contributed by atoms with van der Waals surface area (Å²) < 4.78 is 15.5. The van der Waals surface area contributed by atoms with Gasteiger partial charge in [0.25, 0.3) is 5.91 Å². The number of anilines is 1. The standard InChI is InChI=1S/C20H16FN5OS2/c1-13-23-24-25-26(13)18-11-14(8-9-17(18)21)22-20(27)16-6-2-3-7-19(16)29-12-15-5-4-10-28-15/h2-11H,12H2,1H3,(H,22,27). The van der Waals surface area contributed by atoms with Gasteiger partial charge in [-0.3, -0.25) is 4.79 Å². The van der Waals surface area contributed by atoms with Gasteiger partial charge in [0.05, 0.1) is 5.56 Å². The van der Waals surface area contributed by atoms with Gasteiger partial charge in [0, 0.05) is 21.2 Å². The lowest BCUT2D eigenvalue weighted by molar-refractivity contribution is 0.102. The highest BCUT2D eigenvalue weighted by atomic mass is 32.2. The third-order valence-corrected chi connectivity index (χ3v) is 6.32.